The van der Waals surface area contributed by atoms with Crippen LogP contribution in [-0.2, 0) is 23.8 Å². The molecule has 0 saturated carbocycles. The highest BCUT2D eigenvalue weighted by atomic mass is 32.2. The zero-order valence-electron chi connectivity index (χ0n) is 15.1. The summed E-state index contributed by atoms with van der Waals surface area (Å²) in [5, 5.41) is 4.08. The number of benzene rings is 2. The maximum Gasteiger partial charge on any atom is 0.416 e. The molecule has 2 aromatic carbocycles. The second-order valence-electron chi connectivity index (χ2n) is 6.49. The van der Waals surface area contributed by atoms with Crippen molar-refractivity contribution in [3.63, 3.8) is 0 Å². The van der Waals surface area contributed by atoms with E-state index in [-0.39, 0.29) is 23.3 Å². The van der Waals surface area contributed by atoms with Gasteiger partial charge in [-0.3, -0.25) is 19.7 Å². The van der Waals surface area contributed by atoms with Crippen molar-refractivity contribution < 1.29 is 27.6 Å². The number of rotatable bonds is 6. The first-order valence-electron chi connectivity index (χ1n) is 8.77. The molecule has 152 valence electrons. The Morgan fingerprint density at radius 2 is 1.76 bits per heavy atom. The van der Waals surface area contributed by atoms with E-state index in [0.29, 0.717) is 12.8 Å². The van der Waals surface area contributed by atoms with Crippen LogP contribution in [0, 0.1) is 0 Å². The number of thioether (sulfide) groups is 1. The Balaban J connectivity index is 1.50. The maximum absolute atomic E-state index is 12.7. The molecule has 3 amide bonds. The van der Waals surface area contributed by atoms with Crippen LogP contribution in [0.5, 0.6) is 0 Å². The molecule has 0 bridgehead atoms. The molecule has 29 heavy (non-hydrogen) atoms. The third-order valence-electron chi connectivity index (χ3n) is 4.36. The topological polar surface area (TPSA) is 75.3 Å². The molecule has 2 N–H and O–H groups in total. The van der Waals surface area contributed by atoms with Crippen molar-refractivity contribution in [1.29, 1.82) is 0 Å². The molecule has 0 aliphatic carbocycles. The Kier molecular flexibility index (Phi) is 6.26. The number of nitrogens with one attached hydrogen (secondary N) is 2. The molecule has 1 heterocycles. The number of amides is 3. The van der Waals surface area contributed by atoms with Crippen molar-refractivity contribution in [2.45, 2.75) is 24.3 Å². The molecular formula is C20H17F3N2O3S. The van der Waals surface area contributed by atoms with Crippen LogP contribution in [0.15, 0.2) is 48.5 Å². The minimum Gasteiger partial charge on any atom is -0.352 e. The van der Waals surface area contributed by atoms with Gasteiger partial charge in [0.1, 0.15) is 0 Å². The Bertz CT molecular complexity index is 929. The van der Waals surface area contributed by atoms with Gasteiger partial charge < -0.3 is 5.32 Å². The van der Waals surface area contributed by atoms with Crippen LogP contribution in [0.1, 0.15) is 27.0 Å². The number of hydrogen-bond acceptors (Lipinski definition) is 4. The lowest BCUT2D eigenvalue weighted by Crippen LogP contribution is -2.26. The summed E-state index contributed by atoms with van der Waals surface area (Å²) in [6.45, 7) is 0.268. The van der Waals surface area contributed by atoms with Gasteiger partial charge in [-0.2, -0.15) is 13.2 Å². The van der Waals surface area contributed by atoms with Gasteiger partial charge in [0.2, 0.25) is 5.91 Å². The SMILES string of the molecule is O=C1NC(=O)[C@H](Cc2ccc(CCNC(=O)c3cccc(C(F)(F)F)c3)cc2)S1. The Hall–Kier alpha value is -2.81. The Morgan fingerprint density at radius 1 is 1.07 bits per heavy atom. The molecular weight excluding hydrogens is 405 g/mol. The lowest BCUT2D eigenvalue weighted by atomic mass is 10.0. The third kappa shape index (κ3) is 5.60. The summed E-state index contributed by atoms with van der Waals surface area (Å²) in [4.78, 5) is 34.9. The fourth-order valence-corrected chi connectivity index (χ4v) is 3.70. The van der Waals surface area contributed by atoms with Crippen molar-refractivity contribution in [2.75, 3.05) is 6.54 Å². The summed E-state index contributed by atoms with van der Waals surface area (Å²) in [7, 11) is 0. The first-order valence-corrected chi connectivity index (χ1v) is 9.65. The van der Waals surface area contributed by atoms with Crippen LogP contribution in [-0.4, -0.2) is 28.8 Å². The predicted molar refractivity (Wildman–Crippen MR) is 103 cm³/mol. The van der Waals surface area contributed by atoms with Gasteiger partial charge in [-0.1, -0.05) is 42.1 Å². The average molecular weight is 422 g/mol. The molecule has 0 spiro atoms. The third-order valence-corrected chi connectivity index (χ3v) is 5.34. The number of hydrogen-bond donors (Lipinski definition) is 2. The van der Waals surface area contributed by atoms with Crippen LogP contribution >= 0.6 is 11.8 Å². The summed E-state index contributed by atoms with van der Waals surface area (Å²) in [5.74, 6) is -0.858. The Labute approximate surface area is 169 Å². The van der Waals surface area contributed by atoms with Crippen LogP contribution in [0.3, 0.4) is 0 Å². The summed E-state index contributed by atoms with van der Waals surface area (Å²) in [6, 6.07) is 11.7. The smallest absolute Gasteiger partial charge is 0.352 e. The van der Waals surface area contributed by atoms with Crippen molar-refractivity contribution >= 4 is 28.8 Å². The number of carbonyl (C=O) groups excluding carboxylic acids is 3. The van der Waals surface area contributed by atoms with Crippen molar-refractivity contribution in [3.05, 3.63) is 70.8 Å². The van der Waals surface area contributed by atoms with Crippen molar-refractivity contribution in [2.24, 2.45) is 0 Å². The molecule has 9 heteroatoms. The highest BCUT2D eigenvalue weighted by Gasteiger charge is 2.32. The number of carbonyl (C=O) groups is 3. The lowest BCUT2D eigenvalue weighted by Gasteiger charge is -2.10. The molecule has 5 nitrogen and oxygen atoms in total. The van der Waals surface area contributed by atoms with Gasteiger partial charge >= 0.3 is 6.18 Å². The van der Waals surface area contributed by atoms with Gasteiger partial charge in [0.25, 0.3) is 11.1 Å². The van der Waals surface area contributed by atoms with Crippen molar-refractivity contribution in [1.82, 2.24) is 10.6 Å². The van der Waals surface area contributed by atoms with E-state index < -0.39 is 22.9 Å². The fraction of sp³-hybridized carbons (Fsp3) is 0.250. The van der Waals surface area contributed by atoms with Gasteiger partial charge in [0.15, 0.2) is 0 Å². The molecule has 0 aromatic heterocycles. The van der Waals surface area contributed by atoms with Gasteiger partial charge in [-0.25, -0.2) is 0 Å². The largest absolute Gasteiger partial charge is 0.416 e. The van der Waals surface area contributed by atoms with Gasteiger partial charge in [-0.15, -0.1) is 0 Å². The molecule has 2 aromatic rings. The van der Waals surface area contributed by atoms with Gasteiger partial charge in [-0.05, 0) is 42.2 Å². The summed E-state index contributed by atoms with van der Waals surface area (Å²) < 4.78 is 38.2. The zero-order valence-corrected chi connectivity index (χ0v) is 15.9. The first kappa shape index (κ1) is 20.9. The minimum absolute atomic E-state index is 0.0444. The summed E-state index contributed by atoms with van der Waals surface area (Å²) in [5.41, 5.74) is 0.926. The van der Waals surface area contributed by atoms with E-state index in [1.54, 1.807) is 0 Å². The second kappa shape index (κ2) is 8.69. The maximum atomic E-state index is 12.7. The van der Waals surface area contributed by atoms with E-state index in [0.717, 1.165) is 35.0 Å². The molecule has 1 aliphatic heterocycles. The second-order valence-corrected chi connectivity index (χ2v) is 7.66. The van der Waals surface area contributed by atoms with Crippen LogP contribution in [0.2, 0.25) is 0 Å². The monoisotopic (exact) mass is 422 g/mol. The van der Waals surface area contributed by atoms with E-state index in [2.05, 4.69) is 10.6 Å². The molecule has 3 rings (SSSR count). The zero-order chi connectivity index (χ0) is 21.0. The molecule has 1 atom stereocenters. The quantitative estimate of drug-likeness (QED) is 0.746. The summed E-state index contributed by atoms with van der Waals surface area (Å²) in [6.07, 6.45) is -3.56. The number of alkyl halides is 3. The predicted octanol–water partition coefficient (Wildman–Crippen LogP) is 3.57. The van der Waals surface area contributed by atoms with Crippen molar-refractivity contribution in [3.8, 4) is 0 Å². The van der Waals surface area contributed by atoms with Gasteiger partial charge in [0, 0.05) is 12.1 Å². The fourth-order valence-electron chi connectivity index (χ4n) is 2.84. The highest BCUT2D eigenvalue weighted by Crippen LogP contribution is 2.29. The molecule has 1 saturated heterocycles. The summed E-state index contributed by atoms with van der Waals surface area (Å²) >= 11 is 0.973. The lowest BCUT2D eigenvalue weighted by molar-refractivity contribution is -0.137. The highest BCUT2D eigenvalue weighted by molar-refractivity contribution is 8.15. The average Bonchev–Trinajstić information content (AvgIpc) is 2.99. The minimum atomic E-state index is -4.50. The van der Waals surface area contributed by atoms with Crippen LogP contribution < -0.4 is 10.6 Å². The normalized spacial score (nSPS) is 16.6. The number of halogens is 3. The molecule has 1 aliphatic rings. The van der Waals surface area contributed by atoms with Gasteiger partial charge in [0.05, 0.1) is 10.8 Å². The Morgan fingerprint density at radius 3 is 2.38 bits per heavy atom. The van der Waals surface area contributed by atoms with E-state index in [1.807, 2.05) is 24.3 Å². The van der Waals surface area contributed by atoms with E-state index in [9.17, 15) is 27.6 Å². The van der Waals surface area contributed by atoms with E-state index in [4.69, 9.17) is 0 Å². The molecule has 0 radical (unpaired) electrons. The molecule has 0 unspecified atom stereocenters. The van der Waals surface area contributed by atoms with Crippen LogP contribution in [0.4, 0.5) is 18.0 Å². The first-order chi connectivity index (χ1) is 13.7. The standard InChI is InChI=1S/C20H17F3N2O3S/c21-20(22,23)15-3-1-2-14(11-15)17(26)24-9-8-12-4-6-13(7-5-12)10-16-18(27)25-19(28)29-16/h1-7,11,16H,8-10H2,(H,24,26)(H,25,27,28)/t16-/m0/s1. The molecule has 1 fully saturated rings. The van der Waals surface area contributed by atoms with E-state index >= 15 is 0 Å². The van der Waals surface area contributed by atoms with E-state index in [1.165, 1.54) is 12.1 Å². The van der Waals surface area contributed by atoms with Crippen LogP contribution in [0.25, 0.3) is 0 Å². The number of imide groups is 1.